The molecule has 0 saturated carbocycles. The van der Waals surface area contributed by atoms with E-state index in [0.29, 0.717) is 16.8 Å². The number of hydrogen-bond donors (Lipinski definition) is 1. The Bertz CT molecular complexity index is 996. The molecule has 1 aliphatic rings. The lowest BCUT2D eigenvalue weighted by Gasteiger charge is -2.27. The van der Waals surface area contributed by atoms with Crippen molar-refractivity contribution >= 4 is 22.5 Å². The average Bonchev–Trinajstić information content (AvgIpc) is 2.71. The van der Waals surface area contributed by atoms with Crippen LogP contribution < -0.4 is 5.32 Å². The lowest BCUT2D eigenvalue weighted by molar-refractivity contribution is 0.0725. The second kappa shape index (κ2) is 7.92. The molecule has 0 bridgehead atoms. The first kappa shape index (κ1) is 18.3. The number of rotatable bonds is 4. The number of amides is 1. The number of carbonyl (C=O) groups excluding carboxylic acids is 1. The van der Waals surface area contributed by atoms with Gasteiger partial charge >= 0.3 is 0 Å². The van der Waals surface area contributed by atoms with Crippen molar-refractivity contribution in [2.24, 2.45) is 0 Å². The zero-order chi connectivity index (χ0) is 19.5. The standard InChI is InChI=1S/C22H21F2N3O/c23-16-10-15(11-17(24)12-16)13-26-21-18-6-2-3-7-20(18)25-14-19(21)22(28)27-8-4-1-5-9-27/h2-3,6-7,10-12,14H,1,4-5,8-9,13H2,(H,25,26). The molecule has 0 aliphatic carbocycles. The van der Waals surface area contributed by atoms with Crippen LogP contribution in [0, 0.1) is 11.6 Å². The molecule has 1 amide bonds. The van der Waals surface area contributed by atoms with Gasteiger partial charge in [0.15, 0.2) is 0 Å². The Morgan fingerprint density at radius 3 is 2.50 bits per heavy atom. The van der Waals surface area contributed by atoms with Crippen LogP contribution in [0.5, 0.6) is 0 Å². The summed E-state index contributed by atoms with van der Waals surface area (Å²) in [5.74, 6) is -1.31. The first-order valence-electron chi connectivity index (χ1n) is 9.48. The third kappa shape index (κ3) is 3.81. The second-order valence-corrected chi connectivity index (χ2v) is 7.05. The van der Waals surface area contributed by atoms with Crippen LogP contribution in [0.1, 0.15) is 35.2 Å². The number of fused-ring (bicyclic) bond motifs is 1. The number of pyridine rings is 1. The van der Waals surface area contributed by atoms with Crippen LogP contribution in [0.2, 0.25) is 0 Å². The van der Waals surface area contributed by atoms with Gasteiger partial charge in [-0.05, 0) is 43.0 Å². The predicted molar refractivity (Wildman–Crippen MR) is 105 cm³/mol. The van der Waals surface area contributed by atoms with E-state index in [4.69, 9.17) is 0 Å². The summed E-state index contributed by atoms with van der Waals surface area (Å²) in [7, 11) is 0. The van der Waals surface area contributed by atoms with Crippen LogP contribution in [0.4, 0.5) is 14.5 Å². The van der Waals surface area contributed by atoms with Gasteiger partial charge in [-0.2, -0.15) is 0 Å². The van der Waals surface area contributed by atoms with Gasteiger partial charge in [0, 0.05) is 37.3 Å². The molecule has 1 aliphatic heterocycles. The van der Waals surface area contributed by atoms with Gasteiger partial charge in [-0.3, -0.25) is 9.78 Å². The summed E-state index contributed by atoms with van der Waals surface area (Å²) in [6.45, 7) is 1.67. The Hall–Kier alpha value is -3.02. The molecule has 4 nitrogen and oxygen atoms in total. The lowest BCUT2D eigenvalue weighted by atomic mass is 10.1. The molecule has 1 fully saturated rings. The maximum Gasteiger partial charge on any atom is 0.257 e. The highest BCUT2D eigenvalue weighted by molar-refractivity contribution is 6.07. The van der Waals surface area contributed by atoms with Gasteiger partial charge in [0.1, 0.15) is 11.6 Å². The molecule has 28 heavy (non-hydrogen) atoms. The zero-order valence-corrected chi connectivity index (χ0v) is 15.4. The summed E-state index contributed by atoms with van der Waals surface area (Å²) in [6, 6.07) is 10.9. The minimum Gasteiger partial charge on any atom is -0.380 e. The van der Waals surface area contributed by atoms with Crippen molar-refractivity contribution in [3.05, 3.63) is 71.4 Å². The SMILES string of the molecule is O=C(c1cnc2ccccc2c1NCc1cc(F)cc(F)c1)N1CCCCC1. The summed E-state index contributed by atoms with van der Waals surface area (Å²) in [6.07, 6.45) is 4.72. The highest BCUT2D eigenvalue weighted by Gasteiger charge is 2.22. The van der Waals surface area contributed by atoms with E-state index in [-0.39, 0.29) is 12.5 Å². The van der Waals surface area contributed by atoms with E-state index in [1.165, 1.54) is 12.1 Å². The molecule has 4 rings (SSSR count). The largest absolute Gasteiger partial charge is 0.380 e. The molecule has 1 aromatic heterocycles. The van der Waals surface area contributed by atoms with Crippen molar-refractivity contribution in [2.75, 3.05) is 18.4 Å². The lowest BCUT2D eigenvalue weighted by Crippen LogP contribution is -2.36. The fourth-order valence-corrected chi connectivity index (χ4v) is 3.66. The molecule has 6 heteroatoms. The fraction of sp³-hybridized carbons (Fsp3) is 0.273. The van der Waals surface area contributed by atoms with Gasteiger partial charge in [-0.15, -0.1) is 0 Å². The van der Waals surface area contributed by atoms with Crippen molar-refractivity contribution in [1.82, 2.24) is 9.88 Å². The number of likely N-dealkylation sites (tertiary alicyclic amines) is 1. The molecule has 1 saturated heterocycles. The van der Waals surface area contributed by atoms with Gasteiger partial charge in [0.25, 0.3) is 5.91 Å². The number of nitrogens with zero attached hydrogens (tertiary/aromatic N) is 2. The van der Waals surface area contributed by atoms with Crippen molar-refractivity contribution < 1.29 is 13.6 Å². The molecule has 144 valence electrons. The van der Waals surface area contributed by atoms with Gasteiger partial charge in [-0.1, -0.05) is 18.2 Å². The molecule has 0 radical (unpaired) electrons. The van der Waals surface area contributed by atoms with Crippen LogP contribution >= 0.6 is 0 Å². The highest BCUT2D eigenvalue weighted by atomic mass is 19.1. The van der Waals surface area contributed by atoms with E-state index in [2.05, 4.69) is 10.3 Å². The third-order valence-electron chi connectivity index (χ3n) is 5.04. The van der Waals surface area contributed by atoms with Crippen LogP contribution in [0.15, 0.2) is 48.7 Å². The van der Waals surface area contributed by atoms with Crippen molar-refractivity contribution in [3.63, 3.8) is 0 Å². The summed E-state index contributed by atoms with van der Waals surface area (Å²) < 4.78 is 27.0. The molecule has 0 unspecified atom stereocenters. The van der Waals surface area contributed by atoms with E-state index >= 15 is 0 Å². The number of aromatic nitrogens is 1. The number of piperidine rings is 1. The normalized spacial score (nSPS) is 14.3. The number of para-hydroxylation sites is 1. The van der Waals surface area contributed by atoms with Gasteiger partial charge < -0.3 is 10.2 Å². The van der Waals surface area contributed by atoms with E-state index in [1.807, 2.05) is 29.2 Å². The number of hydrogen-bond acceptors (Lipinski definition) is 3. The summed E-state index contributed by atoms with van der Waals surface area (Å²) in [4.78, 5) is 19.4. The number of carbonyl (C=O) groups is 1. The third-order valence-corrected chi connectivity index (χ3v) is 5.04. The minimum atomic E-state index is -0.624. The molecule has 1 N–H and O–H groups in total. The van der Waals surface area contributed by atoms with Crippen molar-refractivity contribution in [2.45, 2.75) is 25.8 Å². The maximum atomic E-state index is 13.5. The molecule has 2 heterocycles. The Kier molecular flexibility index (Phi) is 5.19. The molecule has 0 spiro atoms. The summed E-state index contributed by atoms with van der Waals surface area (Å²) in [5, 5.41) is 4.03. The van der Waals surface area contributed by atoms with E-state index in [0.717, 1.165) is 49.3 Å². The molecule has 0 atom stereocenters. The number of anilines is 1. The van der Waals surface area contributed by atoms with E-state index in [1.54, 1.807) is 6.20 Å². The Morgan fingerprint density at radius 1 is 1.04 bits per heavy atom. The van der Waals surface area contributed by atoms with Gasteiger partial charge in [-0.25, -0.2) is 8.78 Å². The van der Waals surface area contributed by atoms with Crippen LogP contribution in [0.3, 0.4) is 0 Å². The second-order valence-electron chi connectivity index (χ2n) is 7.05. The number of nitrogens with one attached hydrogen (secondary N) is 1. The first-order chi connectivity index (χ1) is 13.6. The predicted octanol–water partition coefficient (Wildman–Crippen LogP) is 4.75. The van der Waals surface area contributed by atoms with Crippen molar-refractivity contribution in [3.8, 4) is 0 Å². The first-order valence-corrected chi connectivity index (χ1v) is 9.48. The summed E-state index contributed by atoms with van der Waals surface area (Å²) >= 11 is 0. The van der Waals surface area contributed by atoms with Crippen molar-refractivity contribution in [1.29, 1.82) is 0 Å². The Morgan fingerprint density at radius 2 is 1.75 bits per heavy atom. The van der Waals surface area contributed by atoms with Gasteiger partial charge in [0.05, 0.1) is 16.8 Å². The van der Waals surface area contributed by atoms with Gasteiger partial charge in [0.2, 0.25) is 0 Å². The maximum absolute atomic E-state index is 13.5. The quantitative estimate of drug-likeness (QED) is 0.709. The van der Waals surface area contributed by atoms with Crippen LogP contribution in [0.25, 0.3) is 10.9 Å². The average molecular weight is 381 g/mol. The summed E-state index contributed by atoms with van der Waals surface area (Å²) in [5.41, 5.74) is 2.35. The number of halogens is 2. The van der Waals surface area contributed by atoms with Crippen LogP contribution in [-0.2, 0) is 6.54 Å². The van der Waals surface area contributed by atoms with E-state index in [9.17, 15) is 13.6 Å². The highest BCUT2D eigenvalue weighted by Crippen LogP contribution is 2.28. The fourth-order valence-electron chi connectivity index (χ4n) is 3.66. The smallest absolute Gasteiger partial charge is 0.257 e. The Balaban J connectivity index is 1.70. The minimum absolute atomic E-state index is 0.0640. The Labute approximate surface area is 162 Å². The molecular formula is C22H21F2N3O. The van der Waals surface area contributed by atoms with E-state index < -0.39 is 11.6 Å². The zero-order valence-electron chi connectivity index (χ0n) is 15.4. The molecular weight excluding hydrogens is 360 g/mol. The van der Waals surface area contributed by atoms with Crippen LogP contribution in [-0.4, -0.2) is 28.9 Å². The number of benzene rings is 2. The molecule has 3 aromatic rings. The molecule has 2 aromatic carbocycles. The monoisotopic (exact) mass is 381 g/mol. The topological polar surface area (TPSA) is 45.2 Å².